The molecule has 0 aliphatic carbocycles. The average Bonchev–Trinajstić information content (AvgIpc) is 3.08. The van der Waals surface area contributed by atoms with E-state index in [1.165, 1.54) is 38.9 Å². The van der Waals surface area contributed by atoms with Crippen molar-refractivity contribution in [1.82, 2.24) is 0 Å². The Morgan fingerprint density at radius 1 is 0.350 bits per heavy atom. The molecule has 60 heavy (non-hydrogen) atoms. The summed E-state index contributed by atoms with van der Waals surface area (Å²) in [5.74, 6) is -24.9. The molecule has 0 aromatic heterocycles. The summed E-state index contributed by atoms with van der Waals surface area (Å²) in [6.07, 6.45) is 0. The van der Waals surface area contributed by atoms with Crippen LogP contribution in [0.3, 0.4) is 0 Å². The summed E-state index contributed by atoms with van der Waals surface area (Å²) in [5.41, 5.74) is 9.50. The third-order valence-electron chi connectivity index (χ3n) is 9.66. The highest BCUT2D eigenvalue weighted by molar-refractivity contribution is 5.42. The van der Waals surface area contributed by atoms with E-state index in [-0.39, 0.29) is 27.7 Å². The zero-order valence-electron chi connectivity index (χ0n) is 38.1. The van der Waals surface area contributed by atoms with Crippen LogP contribution in [0, 0.1) is 51.0 Å². The van der Waals surface area contributed by atoms with Crippen molar-refractivity contribution in [3.05, 3.63) is 104 Å². The minimum Gasteiger partial charge on any atom is -0.206 e. The van der Waals surface area contributed by atoms with Crippen LogP contribution >= 0.6 is 0 Å². The Morgan fingerprint density at radius 2 is 0.617 bits per heavy atom. The normalized spacial score (nSPS) is 12.4. The number of alkyl halides is 10. The summed E-state index contributed by atoms with van der Waals surface area (Å²) in [6.45, 7) is 29.2. The zero-order valence-corrected chi connectivity index (χ0v) is 38.1. The molecule has 14 heteroatoms. The number of rotatable bonds is 8. The SMILES string of the molecule is CC(F)(F)C(C)(F)F.CC(F)(F)C(F)(F)C(C)(F)F.Cc1c(C(C)C)cc(C(C)C)cc1C(C)C.Cc1c(C(C)C)cccc1C(C)C.Cc1c(F)c(C)c(F)c(F)c1F. The predicted octanol–water partition coefficient (Wildman–Crippen LogP) is 17.7. The van der Waals surface area contributed by atoms with Crippen LogP contribution in [0.25, 0.3) is 0 Å². The fourth-order valence-corrected chi connectivity index (χ4v) is 5.52. The van der Waals surface area contributed by atoms with Crippen molar-refractivity contribution in [2.24, 2.45) is 0 Å². The molecule has 0 saturated heterocycles. The lowest BCUT2D eigenvalue weighted by atomic mass is 9.85. The minimum absolute atomic E-state index is 0.188. The summed E-state index contributed by atoms with van der Waals surface area (Å²) < 4.78 is 167. The first kappa shape index (κ1) is 58.8. The number of hydrogen-bond acceptors (Lipinski definition) is 0. The highest BCUT2D eigenvalue weighted by atomic mass is 19.3. The van der Waals surface area contributed by atoms with E-state index in [0.29, 0.717) is 29.6 Å². The van der Waals surface area contributed by atoms with Crippen molar-refractivity contribution >= 4 is 0 Å². The molecule has 346 valence electrons. The van der Waals surface area contributed by atoms with Crippen LogP contribution in [0.4, 0.5) is 61.5 Å². The van der Waals surface area contributed by atoms with Gasteiger partial charge in [-0.1, -0.05) is 99.6 Å². The van der Waals surface area contributed by atoms with Gasteiger partial charge in [0.25, 0.3) is 0 Å². The third kappa shape index (κ3) is 16.5. The lowest BCUT2D eigenvalue weighted by molar-refractivity contribution is -0.295. The molecule has 0 unspecified atom stereocenters. The molecule has 0 aliphatic heterocycles. The maximum absolute atomic E-state index is 12.8. The van der Waals surface area contributed by atoms with Crippen LogP contribution in [-0.4, -0.2) is 29.6 Å². The molecule has 0 saturated carbocycles. The van der Waals surface area contributed by atoms with Crippen LogP contribution in [0.5, 0.6) is 0 Å². The molecule has 0 fully saturated rings. The van der Waals surface area contributed by atoms with Crippen LogP contribution < -0.4 is 0 Å². The van der Waals surface area contributed by atoms with Crippen LogP contribution in [-0.2, 0) is 0 Å². The monoisotopic (exact) mass is 882 g/mol. The second kappa shape index (κ2) is 22.7. The standard InChI is InChI=1S/C16H26.C13H20.C8H6F4.C5H6F6.C4H6F4/c1-10(2)14-8-15(11(3)4)13(7)16(9-14)12(5)6;1-9(2)12-7-6-8-13(10(3)4)11(12)5;1-3-5(9)4(2)7(11)8(12)6(3)10;1-3(6,7)5(10,11)4(2,8)9;1-3(5,6)4(2,7)8/h8-12H,1-7H3;6-10H,1-5H3;1-2H3;1-2H3;1-2H3. The van der Waals surface area contributed by atoms with Gasteiger partial charge in [0.05, 0.1) is 0 Å². The van der Waals surface area contributed by atoms with E-state index in [1.807, 2.05) is 0 Å². The molecule has 0 heterocycles. The van der Waals surface area contributed by atoms with E-state index in [0.717, 1.165) is 13.8 Å². The summed E-state index contributed by atoms with van der Waals surface area (Å²) in [4.78, 5) is 0. The molecule has 3 aromatic rings. The average molecular weight is 883 g/mol. The molecule has 0 aliphatic rings. The molecular weight excluding hydrogens is 818 g/mol. The van der Waals surface area contributed by atoms with Gasteiger partial charge in [-0.15, -0.1) is 0 Å². The molecular formula is C46H64F14. The Balaban J connectivity index is 0. The first-order valence-electron chi connectivity index (χ1n) is 19.5. The second-order valence-electron chi connectivity index (χ2n) is 16.8. The Labute approximate surface area is 348 Å². The lowest BCUT2D eigenvalue weighted by Crippen LogP contribution is -2.50. The quantitative estimate of drug-likeness (QED) is 0.120. The van der Waals surface area contributed by atoms with Crippen molar-refractivity contribution in [2.75, 3.05) is 0 Å². The van der Waals surface area contributed by atoms with Gasteiger partial charge in [0.2, 0.25) is 0 Å². The fourth-order valence-electron chi connectivity index (χ4n) is 5.52. The van der Waals surface area contributed by atoms with Crippen molar-refractivity contribution in [1.29, 1.82) is 0 Å². The van der Waals surface area contributed by atoms with Crippen LogP contribution in [0.15, 0.2) is 30.3 Å². The van der Waals surface area contributed by atoms with Gasteiger partial charge >= 0.3 is 29.6 Å². The van der Waals surface area contributed by atoms with Crippen molar-refractivity contribution in [3.63, 3.8) is 0 Å². The second-order valence-corrected chi connectivity index (χ2v) is 16.8. The Hall–Kier alpha value is -3.32. The predicted molar refractivity (Wildman–Crippen MR) is 216 cm³/mol. The van der Waals surface area contributed by atoms with E-state index >= 15 is 0 Å². The van der Waals surface area contributed by atoms with Crippen molar-refractivity contribution < 1.29 is 61.5 Å². The molecule has 3 aromatic carbocycles. The third-order valence-corrected chi connectivity index (χ3v) is 9.66. The van der Waals surface area contributed by atoms with Gasteiger partial charge in [-0.3, -0.25) is 0 Å². The topological polar surface area (TPSA) is 0 Å². The summed E-state index contributed by atoms with van der Waals surface area (Å²) in [7, 11) is 0. The van der Waals surface area contributed by atoms with Crippen LogP contribution in [0.2, 0.25) is 0 Å². The molecule has 0 atom stereocenters. The van der Waals surface area contributed by atoms with E-state index in [9.17, 15) is 61.5 Å². The molecule has 0 spiro atoms. The summed E-state index contributed by atoms with van der Waals surface area (Å²) in [5, 5.41) is 0. The Bertz CT molecular complexity index is 1590. The number of halogens is 14. The molecule has 0 amide bonds. The van der Waals surface area contributed by atoms with Crippen LogP contribution in [0.1, 0.15) is 177 Å². The van der Waals surface area contributed by atoms with Gasteiger partial charge in [0, 0.05) is 38.8 Å². The highest BCUT2D eigenvalue weighted by Crippen LogP contribution is 2.45. The van der Waals surface area contributed by atoms with Gasteiger partial charge in [-0.05, 0) is 96.2 Å². The van der Waals surface area contributed by atoms with Gasteiger partial charge in [0.1, 0.15) is 5.82 Å². The first-order chi connectivity index (χ1) is 26.6. The van der Waals surface area contributed by atoms with Gasteiger partial charge in [-0.25, -0.2) is 35.1 Å². The van der Waals surface area contributed by atoms with Crippen molar-refractivity contribution in [3.8, 4) is 0 Å². The summed E-state index contributed by atoms with van der Waals surface area (Å²) in [6, 6.07) is 11.5. The Morgan fingerprint density at radius 3 is 0.817 bits per heavy atom. The van der Waals surface area contributed by atoms with E-state index < -0.39 is 64.0 Å². The summed E-state index contributed by atoms with van der Waals surface area (Å²) >= 11 is 0. The van der Waals surface area contributed by atoms with E-state index in [2.05, 4.69) is 113 Å². The molecule has 0 bridgehead atoms. The highest BCUT2D eigenvalue weighted by Gasteiger charge is 2.66. The maximum Gasteiger partial charge on any atom is 0.371 e. The molecule has 0 nitrogen and oxygen atoms in total. The van der Waals surface area contributed by atoms with Gasteiger partial charge in [0.15, 0.2) is 17.5 Å². The number of benzene rings is 3. The minimum atomic E-state index is -5.29. The van der Waals surface area contributed by atoms with Gasteiger partial charge < -0.3 is 0 Å². The smallest absolute Gasteiger partial charge is 0.206 e. The molecule has 3 rings (SSSR count). The number of hydrogen-bond donors (Lipinski definition) is 0. The van der Waals surface area contributed by atoms with Gasteiger partial charge in [-0.2, -0.15) is 26.3 Å². The van der Waals surface area contributed by atoms with E-state index in [1.54, 1.807) is 0 Å². The first-order valence-corrected chi connectivity index (χ1v) is 19.5. The fraction of sp³-hybridized carbons (Fsp3) is 0.609. The largest absolute Gasteiger partial charge is 0.371 e. The molecule has 0 N–H and O–H groups in total. The molecule has 0 radical (unpaired) electrons. The van der Waals surface area contributed by atoms with Crippen molar-refractivity contribution in [2.45, 2.75) is 184 Å². The zero-order chi connectivity index (χ0) is 48.4. The Kier molecular flexibility index (Phi) is 22.2. The maximum atomic E-state index is 12.8. The lowest BCUT2D eigenvalue weighted by Gasteiger charge is -2.27. The van der Waals surface area contributed by atoms with E-state index in [4.69, 9.17) is 0 Å².